The summed E-state index contributed by atoms with van der Waals surface area (Å²) >= 11 is 0. The van der Waals surface area contributed by atoms with E-state index in [4.69, 9.17) is 5.73 Å². The van der Waals surface area contributed by atoms with Crippen LogP contribution in [0.5, 0.6) is 0 Å². The van der Waals surface area contributed by atoms with Gasteiger partial charge in [-0.3, -0.25) is 5.10 Å². The number of nitrogens with zero attached hydrogens (tertiary/aromatic N) is 2. The second kappa shape index (κ2) is 4.53. The van der Waals surface area contributed by atoms with Gasteiger partial charge in [-0.25, -0.2) is 4.98 Å². The van der Waals surface area contributed by atoms with Gasteiger partial charge >= 0.3 is 0 Å². The lowest BCUT2D eigenvalue weighted by atomic mass is 9.73. The molecule has 4 heteroatoms. The lowest BCUT2D eigenvalue weighted by Crippen LogP contribution is -2.20. The van der Waals surface area contributed by atoms with Crippen LogP contribution in [0.4, 0.5) is 0 Å². The third kappa shape index (κ3) is 2.61. The Morgan fingerprint density at radius 1 is 1.38 bits per heavy atom. The van der Waals surface area contributed by atoms with E-state index in [2.05, 4.69) is 29.0 Å². The van der Waals surface area contributed by atoms with Gasteiger partial charge in [-0.2, -0.15) is 5.10 Å². The molecule has 0 bridgehead atoms. The van der Waals surface area contributed by atoms with E-state index in [1.54, 1.807) is 0 Å². The van der Waals surface area contributed by atoms with Gasteiger partial charge in [-0.05, 0) is 37.6 Å². The number of nitrogens with two attached hydrogens (primary N) is 1. The Morgan fingerprint density at radius 3 is 2.69 bits per heavy atom. The van der Waals surface area contributed by atoms with Crippen molar-refractivity contribution in [3.8, 4) is 0 Å². The van der Waals surface area contributed by atoms with Crippen LogP contribution in [-0.2, 0) is 6.42 Å². The van der Waals surface area contributed by atoms with Crippen LogP contribution < -0.4 is 5.73 Å². The van der Waals surface area contributed by atoms with Gasteiger partial charge in [0.05, 0.1) is 0 Å². The summed E-state index contributed by atoms with van der Waals surface area (Å²) in [6.45, 7) is 5.33. The molecule has 0 unspecified atom stereocenters. The minimum absolute atomic E-state index is 0.507. The second-order valence-electron chi connectivity index (χ2n) is 5.62. The molecule has 0 saturated heterocycles. The third-order valence-corrected chi connectivity index (χ3v) is 3.63. The molecule has 2 rings (SSSR count). The monoisotopic (exact) mass is 222 g/mol. The number of rotatable bonds is 3. The quantitative estimate of drug-likeness (QED) is 0.821. The molecule has 0 spiro atoms. The van der Waals surface area contributed by atoms with E-state index in [9.17, 15) is 0 Å². The maximum atomic E-state index is 5.50. The third-order valence-electron chi connectivity index (χ3n) is 3.63. The molecule has 1 aromatic rings. The molecular weight excluding hydrogens is 200 g/mol. The number of aromatic amines is 1. The fraction of sp³-hybridized carbons (Fsp3) is 0.833. The summed E-state index contributed by atoms with van der Waals surface area (Å²) in [4.78, 5) is 4.52. The fourth-order valence-electron chi connectivity index (χ4n) is 2.40. The van der Waals surface area contributed by atoms with Crippen molar-refractivity contribution in [2.45, 2.75) is 51.9 Å². The van der Waals surface area contributed by atoms with Crippen molar-refractivity contribution in [1.82, 2.24) is 15.2 Å². The predicted octanol–water partition coefficient (Wildman–Crippen LogP) is 1.99. The predicted molar refractivity (Wildman–Crippen MR) is 64.1 cm³/mol. The molecule has 0 amide bonds. The van der Waals surface area contributed by atoms with Crippen LogP contribution in [0.2, 0.25) is 0 Å². The highest BCUT2D eigenvalue weighted by atomic mass is 15.2. The Hall–Kier alpha value is -0.900. The summed E-state index contributed by atoms with van der Waals surface area (Å²) < 4.78 is 0. The topological polar surface area (TPSA) is 67.6 Å². The first-order valence-corrected chi connectivity index (χ1v) is 6.22. The van der Waals surface area contributed by atoms with Crippen LogP contribution in [-0.4, -0.2) is 21.7 Å². The van der Waals surface area contributed by atoms with Crippen LogP contribution >= 0.6 is 0 Å². The number of aromatic nitrogens is 3. The Morgan fingerprint density at radius 2 is 2.06 bits per heavy atom. The van der Waals surface area contributed by atoms with Crippen LogP contribution in [0.15, 0.2) is 0 Å². The summed E-state index contributed by atoms with van der Waals surface area (Å²) in [6, 6.07) is 0. The van der Waals surface area contributed by atoms with Crippen molar-refractivity contribution < 1.29 is 0 Å². The summed E-state index contributed by atoms with van der Waals surface area (Å²) in [7, 11) is 0. The highest BCUT2D eigenvalue weighted by Gasteiger charge is 2.29. The lowest BCUT2D eigenvalue weighted by molar-refractivity contribution is 0.221. The number of hydrogen-bond donors (Lipinski definition) is 2. The molecule has 0 aliphatic heterocycles. The zero-order valence-electron chi connectivity index (χ0n) is 10.3. The molecule has 1 saturated carbocycles. The average Bonchev–Trinajstić information content (AvgIpc) is 2.67. The minimum Gasteiger partial charge on any atom is -0.330 e. The Balaban J connectivity index is 1.97. The van der Waals surface area contributed by atoms with Crippen molar-refractivity contribution >= 4 is 0 Å². The Labute approximate surface area is 97.0 Å². The molecule has 16 heavy (non-hydrogen) atoms. The average molecular weight is 222 g/mol. The zero-order valence-corrected chi connectivity index (χ0v) is 10.3. The summed E-state index contributed by atoms with van der Waals surface area (Å²) in [6.07, 6.45) is 5.78. The molecule has 1 aromatic heterocycles. The summed E-state index contributed by atoms with van der Waals surface area (Å²) in [5.74, 6) is 2.48. The highest BCUT2D eigenvalue weighted by molar-refractivity contribution is 5.01. The van der Waals surface area contributed by atoms with E-state index < -0.39 is 0 Å². The van der Waals surface area contributed by atoms with Gasteiger partial charge in [0.1, 0.15) is 5.82 Å². The van der Waals surface area contributed by atoms with Gasteiger partial charge in [0, 0.05) is 12.3 Å². The van der Waals surface area contributed by atoms with Gasteiger partial charge in [-0.1, -0.05) is 13.8 Å². The molecule has 3 N–H and O–H groups in total. The van der Waals surface area contributed by atoms with Crippen molar-refractivity contribution in [2.75, 3.05) is 6.54 Å². The van der Waals surface area contributed by atoms with E-state index in [1.165, 1.54) is 25.7 Å². The molecule has 4 nitrogen and oxygen atoms in total. The molecule has 1 aliphatic rings. The van der Waals surface area contributed by atoms with E-state index in [-0.39, 0.29) is 0 Å². The van der Waals surface area contributed by atoms with Crippen molar-refractivity contribution in [3.05, 3.63) is 11.6 Å². The van der Waals surface area contributed by atoms with Crippen LogP contribution in [0.1, 0.15) is 57.1 Å². The number of hydrogen-bond acceptors (Lipinski definition) is 3. The van der Waals surface area contributed by atoms with Crippen LogP contribution in [0.25, 0.3) is 0 Å². The number of H-pyrrole nitrogens is 1. The van der Waals surface area contributed by atoms with E-state index >= 15 is 0 Å². The minimum atomic E-state index is 0.507. The van der Waals surface area contributed by atoms with Gasteiger partial charge in [0.25, 0.3) is 0 Å². The molecule has 1 fully saturated rings. The van der Waals surface area contributed by atoms with Crippen molar-refractivity contribution in [1.29, 1.82) is 0 Å². The maximum Gasteiger partial charge on any atom is 0.153 e. The van der Waals surface area contributed by atoms with Crippen LogP contribution in [0, 0.1) is 5.41 Å². The first-order valence-electron chi connectivity index (χ1n) is 6.22. The maximum absolute atomic E-state index is 5.50. The van der Waals surface area contributed by atoms with E-state index in [0.717, 1.165) is 18.1 Å². The molecule has 0 radical (unpaired) electrons. The molecule has 1 aliphatic carbocycles. The lowest BCUT2D eigenvalue weighted by Gasteiger charge is -2.33. The van der Waals surface area contributed by atoms with Crippen molar-refractivity contribution in [3.63, 3.8) is 0 Å². The normalized spacial score (nSPS) is 21.2. The van der Waals surface area contributed by atoms with E-state index in [1.807, 2.05) is 0 Å². The van der Waals surface area contributed by atoms with Gasteiger partial charge in [0.15, 0.2) is 5.82 Å². The molecule has 1 heterocycles. The summed E-state index contributed by atoms with van der Waals surface area (Å²) in [5.41, 5.74) is 6.00. The smallest absolute Gasteiger partial charge is 0.153 e. The number of nitrogens with one attached hydrogen (secondary N) is 1. The van der Waals surface area contributed by atoms with E-state index in [0.29, 0.717) is 17.9 Å². The zero-order chi connectivity index (χ0) is 11.6. The van der Waals surface area contributed by atoms with Gasteiger partial charge in [-0.15, -0.1) is 0 Å². The highest BCUT2D eigenvalue weighted by Crippen LogP contribution is 2.41. The first-order chi connectivity index (χ1) is 7.61. The largest absolute Gasteiger partial charge is 0.330 e. The fourth-order valence-corrected chi connectivity index (χ4v) is 2.40. The molecule has 90 valence electrons. The van der Waals surface area contributed by atoms with Gasteiger partial charge in [0.2, 0.25) is 0 Å². The Bertz CT molecular complexity index is 333. The van der Waals surface area contributed by atoms with Gasteiger partial charge < -0.3 is 5.73 Å². The first kappa shape index (κ1) is 11.6. The standard InChI is InChI=1S/C12H22N4/c1-12(2)6-3-9(4-7-12)11-14-10(5-8-13)15-16-11/h9H,3-8,13H2,1-2H3,(H,14,15,16). The molecule has 0 atom stereocenters. The summed E-state index contributed by atoms with van der Waals surface area (Å²) in [5, 5.41) is 7.30. The SMILES string of the molecule is CC1(C)CCC(c2n[nH]c(CCN)n2)CC1. The van der Waals surface area contributed by atoms with Crippen LogP contribution in [0.3, 0.4) is 0 Å². The Kier molecular flexibility index (Phi) is 3.28. The second-order valence-corrected chi connectivity index (χ2v) is 5.62. The molecular formula is C12H22N4. The molecule has 0 aromatic carbocycles. The van der Waals surface area contributed by atoms with Crippen molar-refractivity contribution in [2.24, 2.45) is 11.1 Å².